The maximum Gasteiger partial charge on any atom is 0.241 e. The van der Waals surface area contributed by atoms with Crippen molar-refractivity contribution in [2.24, 2.45) is 5.92 Å². The fraction of sp³-hybridized carbons (Fsp3) is 0.500. The molecule has 0 bridgehead atoms. The minimum atomic E-state index is 0.0390. The van der Waals surface area contributed by atoms with Crippen LogP contribution in [0.3, 0.4) is 0 Å². The topological polar surface area (TPSA) is 50.2 Å². The predicted octanol–water partition coefficient (Wildman–Crippen LogP) is 1.49. The number of aromatic nitrogens is 2. The summed E-state index contributed by atoms with van der Waals surface area (Å²) in [5.74, 6) is 0.610. The molecule has 0 spiro atoms. The van der Waals surface area contributed by atoms with Crippen LogP contribution in [0.1, 0.15) is 12.8 Å². The highest BCUT2D eigenvalue weighted by molar-refractivity contribution is 5.81. The monoisotopic (exact) mass is 286 g/mol. The minimum Gasteiger partial charge on any atom is -0.354 e. The number of likely N-dealkylation sites (tertiary alicyclic amines) is 1. The maximum atomic E-state index is 12.1. The molecule has 1 fully saturated rings. The average molecular weight is 286 g/mol. The Labute approximate surface area is 124 Å². The number of nitrogens with one attached hydrogen (secondary N) is 1. The first-order valence-corrected chi connectivity index (χ1v) is 7.58. The number of amides is 1. The first kappa shape index (κ1) is 14.1. The van der Waals surface area contributed by atoms with Crippen molar-refractivity contribution in [3.63, 3.8) is 0 Å². The Kier molecular flexibility index (Phi) is 4.20. The average Bonchev–Trinajstić information content (AvgIpc) is 2.89. The molecular formula is C16H22N4O. The summed E-state index contributed by atoms with van der Waals surface area (Å²) in [6, 6.07) is 7.95. The normalized spacial score (nSPS) is 19.8. The van der Waals surface area contributed by atoms with Crippen LogP contribution in [0.5, 0.6) is 0 Å². The molecule has 1 aromatic heterocycles. The smallest absolute Gasteiger partial charge is 0.241 e. The van der Waals surface area contributed by atoms with Crippen molar-refractivity contribution in [1.29, 1.82) is 0 Å². The molecule has 5 nitrogen and oxygen atoms in total. The second-order valence-electron chi connectivity index (χ2n) is 5.94. The van der Waals surface area contributed by atoms with E-state index in [1.165, 1.54) is 19.4 Å². The van der Waals surface area contributed by atoms with Crippen LogP contribution in [0.4, 0.5) is 0 Å². The number of carbonyl (C=O) groups excluding carboxylic acids is 1. The lowest BCUT2D eigenvalue weighted by molar-refractivity contribution is -0.122. The van der Waals surface area contributed by atoms with Gasteiger partial charge in [0.15, 0.2) is 0 Å². The van der Waals surface area contributed by atoms with E-state index in [-0.39, 0.29) is 12.5 Å². The van der Waals surface area contributed by atoms with Gasteiger partial charge in [-0.15, -0.1) is 0 Å². The van der Waals surface area contributed by atoms with Crippen molar-refractivity contribution in [2.45, 2.75) is 19.4 Å². The fourth-order valence-electron chi connectivity index (χ4n) is 3.04. The van der Waals surface area contributed by atoms with Gasteiger partial charge in [-0.3, -0.25) is 9.48 Å². The van der Waals surface area contributed by atoms with Gasteiger partial charge in [-0.25, -0.2) is 0 Å². The molecule has 1 atom stereocenters. The lowest BCUT2D eigenvalue weighted by atomic mass is 9.98. The van der Waals surface area contributed by atoms with Gasteiger partial charge < -0.3 is 10.2 Å². The Hall–Kier alpha value is -1.88. The van der Waals surface area contributed by atoms with Crippen LogP contribution >= 0.6 is 0 Å². The Morgan fingerprint density at radius 3 is 3.14 bits per heavy atom. The number of nitrogens with zero attached hydrogens (tertiary/aromatic N) is 3. The molecule has 5 heteroatoms. The standard InChI is InChI=1S/C16H22N4O/c1-19-8-4-5-13(11-19)9-17-16(21)12-20-15-7-3-2-6-14(15)10-18-20/h2-3,6-7,10,13H,4-5,8-9,11-12H2,1H3,(H,17,21). The third-order valence-corrected chi connectivity index (χ3v) is 4.15. The van der Waals surface area contributed by atoms with E-state index in [0.29, 0.717) is 5.92 Å². The number of piperidine rings is 1. The van der Waals surface area contributed by atoms with E-state index in [4.69, 9.17) is 0 Å². The van der Waals surface area contributed by atoms with E-state index in [1.54, 1.807) is 10.9 Å². The van der Waals surface area contributed by atoms with Gasteiger partial charge in [0.05, 0.1) is 11.7 Å². The highest BCUT2D eigenvalue weighted by atomic mass is 16.2. The van der Waals surface area contributed by atoms with Crippen molar-refractivity contribution in [1.82, 2.24) is 20.0 Å². The lowest BCUT2D eigenvalue weighted by Crippen LogP contribution is -2.40. The summed E-state index contributed by atoms with van der Waals surface area (Å²) >= 11 is 0. The molecule has 21 heavy (non-hydrogen) atoms. The summed E-state index contributed by atoms with van der Waals surface area (Å²) in [4.78, 5) is 14.4. The molecule has 1 saturated heterocycles. The molecule has 1 unspecified atom stereocenters. The number of hydrogen-bond acceptors (Lipinski definition) is 3. The number of fused-ring (bicyclic) bond motifs is 1. The summed E-state index contributed by atoms with van der Waals surface area (Å²) < 4.78 is 1.76. The van der Waals surface area contributed by atoms with Crippen molar-refractivity contribution < 1.29 is 4.79 Å². The van der Waals surface area contributed by atoms with E-state index < -0.39 is 0 Å². The zero-order chi connectivity index (χ0) is 14.7. The molecule has 3 rings (SSSR count). The summed E-state index contributed by atoms with van der Waals surface area (Å²) in [5, 5.41) is 8.41. The molecule has 1 aliphatic heterocycles. The van der Waals surface area contributed by atoms with E-state index in [2.05, 4.69) is 22.4 Å². The van der Waals surface area contributed by atoms with Gasteiger partial charge >= 0.3 is 0 Å². The van der Waals surface area contributed by atoms with Crippen molar-refractivity contribution in [3.05, 3.63) is 30.5 Å². The minimum absolute atomic E-state index is 0.0390. The Bertz CT molecular complexity index is 622. The molecule has 0 saturated carbocycles. The Morgan fingerprint density at radius 1 is 1.43 bits per heavy atom. The SMILES string of the molecule is CN1CCCC(CNC(=O)Cn2ncc3ccccc32)C1. The van der Waals surface area contributed by atoms with E-state index >= 15 is 0 Å². The zero-order valence-corrected chi connectivity index (χ0v) is 12.5. The highest BCUT2D eigenvalue weighted by Gasteiger charge is 2.17. The zero-order valence-electron chi connectivity index (χ0n) is 12.5. The molecule has 1 aliphatic rings. The highest BCUT2D eigenvalue weighted by Crippen LogP contribution is 2.14. The fourth-order valence-corrected chi connectivity index (χ4v) is 3.04. The van der Waals surface area contributed by atoms with Crippen LogP contribution in [0, 0.1) is 5.92 Å². The summed E-state index contributed by atoms with van der Waals surface area (Å²) in [6.07, 6.45) is 4.23. The van der Waals surface area contributed by atoms with Gasteiger partial charge in [0.1, 0.15) is 6.54 Å². The summed E-state index contributed by atoms with van der Waals surface area (Å²) in [5.41, 5.74) is 1.00. The molecule has 2 heterocycles. The van der Waals surface area contributed by atoms with Crippen LogP contribution < -0.4 is 5.32 Å². The van der Waals surface area contributed by atoms with Crippen molar-refractivity contribution in [3.8, 4) is 0 Å². The third kappa shape index (κ3) is 3.42. The quantitative estimate of drug-likeness (QED) is 0.926. The Morgan fingerprint density at radius 2 is 2.29 bits per heavy atom. The first-order chi connectivity index (χ1) is 10.2. The summed E-state index contributed by atoms with van der Waals surface area (Å²) in [7, 11) is 2.14. The predicted molar refractivity (Wildman–Crippen MR) is 83.0 cm³/mol. The van der Waals surface area contributed by atoms with Crippen LogP contribution in [0.2, 0.25) is 0 Å². The number of rotatable bonds is 4. The lowest BCUT2D eigenvalue weighted by Gasteiger charge is -2.29. The van der Waals surface area contributed by atoms with E-state index in [9.17, 15) is 4.79 Å². The van der Waals surface area contributed by atoms with Crippen LogP contribution in [0.25, 0.3) is 10.9 Å². The van der Waals surface area contributed by atoms with E-state index in [0.717, 1.165) is 24.0 Å². The molecule has 1 amide bonds. The molecule has 112 valence electrons. The van der Waals surface area contributed by atoms with Crippen LogP contribution in [0.15, 0.2) is 30.5 Å². The van der Waals surface area contributed by atoms with Crippen molar-refractivity contribution in [2.75, 3.05) is 26.7 Å². The maximum absolute atomic E-state index is 12.1. The largest absolute Gasteiger partial charge is 0.354 e. The van der Waals surface area contributed by atoms with Gasteiger partial charge in [0.25, 0.3) is 0 Å². The van der Waals surface area contributed by atoms with Gasteiger partial charge in [0.2, 0.25) is 5.91 Å². The van der Waals surface area contributed by atoms with Gasteiger partial charge in [0, 0.05) is 18.5 Å². The number of hydrogen-bond donors (Lipinski definition) is 1. The van der Waals surface area contributed by atoms with Gasteiger partial charge in [-0.1, -0.05) is 18.2 Å². The second-order valence-corrected chi connectivity index (χ2v) is 5.94. The summed E-state index contributed by atoms with van der Waals surface area (Å²) in [6.45, 7) is 3.30. The Balaban J connectivity index is 1.54. The van der Waals surface area contributed by atoms with Gasteiger partial charge in [-0.05, 0) is 38.4 Å². The third-order valence-electron chi connectivity index (χ3n) is 4.15. The van der Waals surface area contributed by atoms with Crippen molar-refractivity contribution >= 4 is 16.8 Å². The molecule has 1 N–H and O–H groups in total. The van der Waals surface area contributed by atoms with Crippen LogP contribution in [-0.2, 0) is 11.3 Å². The van der Waals surface area contributed by atoms with E-state index in [1.807, 2.05) is 24.3 Å². The molecule has 1 aromatic carbocycles. The molecule has 2 aromatic rings. The molecule has 0 aliphatic carbocycles. The van der Waals surface area contributed by atoms with Gasteiger partial charge in [-0.2, -0.15) is 5.10 Å². The number of carbonyl (C=O) groups is 1. The number of benzene rings is 1. The number of para-hydroxylation sites is 1. The second kappa shape index (κ2) is 6.26. The molecular weight excluding hydrogens is 264 g/mol. The molecule has 0 radical (unpaired) electrons. The van der Waals surface area contributed by atoms with Crippen LogP contribution in [-0.4, -0.2) is 47.3 Å². The first-order valence-electron chi connectivity index (χ1n) is 7.58.